The second-order valence-corrected chi connectivity index (χ2v) is 3.83. The van der Waals surface area contributed by atoms with Crippen molar-refractivity contribution in [3.8, 4) is 0 Å². The summed E-state index contributed by atoms with van der Waals surface area (Å²) in [6.45, 7) is 1.63. The van der Waals surface area contributed by atoms with Crippen LogP contribution in [-0.2, 0) is 0 Å². The Kier molecular flexibility index (Phi) is 3.08. The van der Waals surface area contributed by atoms with Crippen molar-refractivity contribution in [2.24, 2.45) is 0 Å². The first-order valence-electron chi connectivity index (χ1n) is 3.26. The third-order valence-corrected chi connectivity index (χ3v) is 2.31. The van der Waals surface area contributed by atoms with E-state index in [1.54, 1.807) is 6.92 Å². The molecule has 0 N–H and O–H groups in total. The van der Waals surface area contributed by atoms with E-state index < -0.39 is 5.51 Å². The van der Waals surface area contributed by atoms with E-state index in [9.17, 15) is 13.2 Å². The molecule has 0 aromatic carbocycles. The summed E-state index contributed by atoms with van der Waals surface area (Å²) in [4.78, 5) is 3.71. The molecule has 6 heteroatoms. The van der Waals surface area contributed by atoms with Gasteiger partial charge in [-0.15, -0.1) is 0 Å². The fourth-order valence-corrected chi connectivity index (χ4v) is 1.46. The highest BCUT2D eigenvalue weighted by Gasteiger charge is 2.29. The fourth-order valence-electron chi connectivity index (χ4n) is 0.678. The van der Waals surface area contributed by atoms with Crippen LogP contribution in [0.1, 0.15) is 5.69 Å². The number of hydrogen-bond acceptors (Lipinski definition) is 2. The second-order valence-electron chi connectivity index (χ2n) is 2.29. The molecule has 1 rings (SSSR count). The highest BCUT2D eigenvalue weighted by Crippen LogP contribution is 2.37. The average molecular weight is 228 g/mol. The van der Waals surface area contributed by atoms with Crippen LogP contribution in [-0.4, -0.2) is 10.5 Å². The molecule has 1 nitrogen and oxygen atoms in total. The lowest BCUT2D eigenvalue weighted by atomic mass is 10.4. The molecule has 13 heavy (non-hydrogen) atoms. The molecule has 72 valence electrons. The average Bonchev–Trinajstić information content (AvgIpc) is 1.94. The lowest BCUT2D eigenvalue weighted by molar-refractivity contribution is -0.0328. The maximum absolute atomic E-state index is 11.9. The van der Waals surface area contributed by atoms with E-state index in [-0.39, 0.29) is 21.7 Å². The standard InChI is InChI=1S/C7H5ClF3NS/c1-4-6(8)2-5(3-12-4)13-7(9,10)11/h2-3H,1H3. The summed E-state index contributed by atoms with van der Waals surface area (Å²) in [6, 6.07) is 1.25. The lowest BCUT2D eigenvalue weighted by Crippen LogP contribution is -1.99. The lowest BCUT2D eigenvalue weighted by Gasteiger charge is -2.05. The Morgan fingerprint density at radius 2 is 2.08 bits per heavy atom. The number of hydrogen-bond donors (Lipinski definition) is 0. The molecule has 0 radical (unpaired) electrons. The molecule has 1 aromatic heterocycles. The topological polar surface area (TPSA) is 12.9 Å². The monoisotopic (exact) mass is 227 g/mol. The summed E-state index contributed by atoms with van der Waals surface area (Å²) in [5, 5.41) is 0.245. The van der Waals surface area contributed by atoms with Gasteiger partial charge in [0.25, 0.3) is 0 Å². The molecule has 0 unspecified atom stereocenters. The minimum absolute atomic E-state index is 0.00287. The highest BCUT2D eigenvalue weighted by atomic mass is 35.5. The SMILES string of the molecule is Cc1ncc(SC(F)(F)F)cc1Cl. The molecule has 0 bridgehead atoms. The molecule has 0 fully saturated rings. The van der Waals surface area contributed by atoms with Gasteiger partial charge in [0.05, 0.1) is 10.7 Å². The highest BCUT2D eigenvalue weighted by molar-refractivity contribution is 8.00. The summed E-state index contributed by atoms with van der Waals surface area (Å²) in [6.07, 6.45) is 1.15. The third kappa shape index (κ3) is 3.44. The fraction of sp³-hybridized carbons (Fsp3) is 0.286. The van der Waals surface area contributed by atoms with Gasteiger partial charge in [-0.2, -0.15) is 13.2 Å². The van der Waals surface area contributed by atoms with Gasteiger partial charge in [-0.3, -0.25) is 4.98 Å². The van der Waals surface area contributed by atoms with Gasteiger partial charge in [-0.05, 0) is 24.8 Å². The number of aromatic nitrogens is 1. The zero-order chi connectivity index (χ0) is 10.1. The number of alkyl halides is 3. The van der Waals surface area contributed by atoms with Gasteiger partial charge in [-0.1, -0.05) is 11.6 Å². The summed E-state index contributed by atoms with van der Waals surface area (Å²) >= 11 is 5.38. The van der Waals surface area contributed by atoms with Crippen molar-refractivity contribution in [2.75, 3.05) is 0 Å². The predicted molar refractivity (Wildman–Crippen MR) is 45.9 cm³/mol. The van der Waals surface area contributed by atoms with E-state index in [2.05, 4.69) is 4.98 Å². The first-order valence-corrected chi connectivity index (χ1v) is 4.46. The Hall–Kier alpha value is -0.420. The molecular weight excluding hydrogens is 223 g/mol. The van der Waals surface area contributed by atoms with E-state index in [0.29, 0.717) is 5.69 Å². The van der Waals surface area contributed by atoms with Crippen molar-refractivity contribution in [1.29, 1.82) is 0 Å². The maximum atomic E-state index is 11.9. The van der Waals surface area contributed by atoms with E-state index in [1.165, 1.54) is 6.07 Å². The van der Waals surface area contributed by atoms with Crippen LogP contribution in [0.2, 0.25) is 5.02 Å². The van der Waals surface area contributed by atoms with Gasteiger partial charge < -0.3 is 0 Å². The molecule has 0 spiro atoms. The van der Waals surface area contributed by atoms with Crippen molar-refractivity contribution in [3.05, 3.63) is 23.0 Å². The van der Waals surface area contributed by atoms with E-state index in [1.807, 2.05) is 0 Å². The minimum atomic E-state index is -4.29. The summed E-state index contributed by atoms with van der Waals surface area (Å²) in [5.74, 6) is 0. The normalized spacial score (nSPS) is 11.8. The summed E-state index contributed by atoms with van der Waals surface area (Å²) < 4.78 is 35.6. The molecule has 0 amide bonds. The first-order chi connectivity index (χ1) is 5.88. The van der Waals surface area contributed by atoms with E-state index >= 15 is 0 Å². The van der Waals surface area contributed by atoms with Crippen molar-refractivity contribution in [1.82, 2.24) is 4.98 Å². The van der Waals surface area contributed by atoms with Gasteiger partial charge in [0.15, 0.2) is 0 Å². The molecule has 0 aliphatic heterocycles. The van der Waals surface area contributed by atoms with Gasteiger partial charge >= 0.3 is 5.51 Å². The smallest absolute Gasteiger partial charge is 0.259 e. The van der Waals surface area contributed by atoms with Crippen LogP contribution in [0, 0.1) is 6.92 Å². The number of thioether (sulfide) groups is 1. The molecule has 0 aliphatic carbocycles. The molecular formula is C7H5ClF3NS. The van der Waals surface area contributed by atoms with Crippen LogP contribution < -0.4 is 0 Å². The molecule has 1 aromatic rings. The van der Waals surface area contributed by atoms with Gasteiger partial charge in [-0.25, -0.2) is 0 Å². The Bertz CT molecular complexity index is 313. The van der Waals surface area contributed by atoms with E-state index in [4.69, 9.17) is 11.6 Å². The van der Waals surface area contributed by atoms with Gasteiger partial charge in [0.1, 0.15) is 0 Å². The maximum Gasteiger partial charge on any atom is 0.446 e. The third-order valence-electron chi connectivity index (χ3n) is 1.23. The summed E-state index contributed by atoms with van der Waals surface area (Å²) in [5.41, 5.74) is -3.77. The molecule has 0 aliphatic rings. The zero-order valence-electron chi connectivity index (χ0n) is 6.52. The number of halogens is 4. The van der Waals surface area contributed by atoms with E-state index in [0.717, 1.165) is 6.20 Å². The van der Waals surface area contributed by atoms with Crippen LogP contribution in [0.4, 0.5) is 13.2 Å². The Morgan fingerprint density at radius 1 is 1.46 bits per heavy atom. The predicted octanol–water partition coefficient (Wildman–Crippen LogP) is 3.66. The number of pyridine rings is 1. The molecule has 1 heterocycles. The Morgan fingerprint density at radius 3 is 2.54 bits per heavy atom. The van der Waals surface area contributed by atoms with Crippen molar-refractivity contribution in [2.45, 2.75) is 17.3 Å². The Labute approximate surface area is 82.3 Å². The quantitative estimate of drug-likeness (QED) is 0.679. The molecule has 0 atom stereocenters. The van der Waals surface area contributed by atoms with Crippen LogP contribution in [0.5, 0.6) is 0 Å². The van der Waals surface area contributed by atoms with Crippen LogP contribution in [0.15, 0.2) is 17.2 Å². The van der Waals surface area contributed by atoms with Crippen LogP contribution in [0.3, 0.4) is 0 Å². The Balaban J connectivity index is 2.86. The minimum Gasteiger partial charge on any atom is -0.259 e. The van der Waals surface area contributed by atoms with Gasteiger partial charge in [0, 0.05) is 11.1 Å². The summed E-state index contributed by atoms with van der Waals surface area (Å²) in [7, 11) is 0. The van der Waals surface area contributed by atoms with Crippen LogP contribution >= 0.6 is 23.4 Å². The largest absolute Gasteiger partial charge is 0.446 e. The second kappa shape index (κ2) is 3.75. The number of nitrogens with zero attached hydrogens (tertiary/aromatic N) is 1. The zero-order valence-corrected chi connectivity index (χ0v) is 8.09. The van der Waals surface area contributed by atoms with Crippen molar-refractivity contribution >= 4 is 23.4 Å². The molecule has 0 saturated carbocycles. The first kappa shape index (κ1) is 10.7. The van der Waals surface area contributed by atoms with Crippen molar-refractivity contribution < 1.29 is 13.2 Å². The van der Waals surface area contributed by atoms with Crippen molar-refractivity contribution in [3.63, 3.8) is 0 Å². The molecule has 0 saturated heterocycles. The number of rotatable bonds is 1. The van der Waals surface area contributed by atoms with Gasteiger partial charge in [0.2, 0.25) is 0 Å². The number of aryl methyl sites for hydroxylation is 1. The van der Waals surface area contributed by atoms with Crippen LogP contribution in [0.25, 0.3) is 0 Å².